The van der Waals surface area contributed by atoms with Gasteiger partial charge < -0.3 is 10.2 Å². The first-order chi connectivity index (χ1) is 15.2. The van der Waals surface area contributed by atoms with Gasteiger partial charge in [-0.15, -0.1) is 10.2 Å². The van der Waals surface area contributed by atoms with Crippen molar-refractivity contribution in [3.8, 4) is 0 Å². The first-order valence-corrected chi connectivity index (χ1v) is 10.1. The molecule has 1 N–H and O–H groups in total. The van der Waals surface area contributed by atoms with E-state index in [0.29, 0.717) is 40.6 Å². The third kappa shape index (κ3) is 4.64. The molecule has 7 nitrogen and oxygen atoms in total. The van der Waals surface area contributed by atoms with Crippen molar-refractivity contribution < 1.29 is 18.0 Å². The number of halogens is 4. The zero-order valence-electron chi connectivity index (χ0n) is 16.9. The first-order valence-electron chi connectivity index (χ1n) is 9.73. The van der Waals surface area contributed by atoms with E-state index >= 15 is 0 Å². The third-order valence-electron chi connectivity index (χ3n) is 5.15. The second kappa shape index (κ2) is 8.70. The fraction of sp³-hybridized carbons (Fsp3) is 0.286. The minimum absolute atomic E-state index is 0.134. The van der Waals surface area contributed by atoms with Crippen molar-refractivity contribution in [2.24, 2.45) is 0 Å². The second-order valence-corrected chi connectivity index (χ2v) is 7.79. The Kier molecular flexibility index (Phi) is 5.96. The molecule has 0 bridgehead atoms. The largest absolute Gasteiger partial charge is 0.417 e. The number of amides is 1. The lowest BCUT2D eigenvalue weighted by atomic mass is 10.0. The number of carbonyl (C=O) groups is 1. The van der Waals surface area contributed by atoms with E-state index in [1.807, 2.05) is 4.90 Å². The van der Waals surface area contributed by atoms with Crippen LogP contribution in [0.25, 0.3) is 0 Å². The van der Waals surface area contributed by atoms with E-state index in [2.05, 4.69) is 25.5 Å². The maximum absolute atomic E-state index is 13.0. The molecule has 0 fully saturated rings. The molecular weight excluding hydrogens is 445 g/mol. The number of rotatable bonds is 4. The second-order valence-electron chi connectivity index (χ2n) is 7.39. The predicted octanol–water partition coefficient (Wildman–Crippen LogP) is 3.74. The van der Waals surface area contributed by atoms with Crippen LogP contribution in [0.4, 0.5) is 19.0 Å². The Bertz CT molecular complexity index is 1170. The normalized spacial score (nSPS) is 13.6. The van der Waals surface area contributed by atoms with Crippen LogP contribution in [0.15, 0.2) is 36.8 Å². The molecule has 166 valence electrons. The van der Waals surface area contributed by atoms with E-state index in [4.69, 9.17) is 11.6 Å². The predicted molar refractivity (Wildman–Crippen MR) is 111 cm³/mol. The Balaban J connectivity index is 1.48. The summed E-state index contributed by atoms with van der Waals surface area (Å²) in [4.78, 5) is 22.2. The molecule has 4 rings (SSSR count). The van der Waals surface area contributed by atoms with Gasteiger partial charge in [-0.05, 0) is 41.8 Å². The van der Waals surface area contributed by atoms with Gasteiger partial charge in [0.15, 0.2) is 11.5 Å². The van der Waals surface area contributed by atoms with Gasteiger partial charge in [-0.2, -0.15) is 13.2 Å². The summed E-state index contributed by atoms with van der Waals surface area (Å²) in [6, 6.07) is 4.44. The zero-order valence-corrected chi connectivity index (χ0v) is 17.7. The van der Waals surface area contributed by atoms with Gasteiger partial charge in [0.1, 0.15) is 0 Å². The molecule has 0 saturated carbocycles. The molecule has 0 spiro atoms. The maximum atomic E-state index is 13.0. The minimum Gasteiger partial charge on any atom is -0.350 e. The van der Waals surface area contributed by atoms with E-state index in [1.165, 1.54) is 6.20 Å². The van der Waals surface area contributed by atoms with Crippen molar-refractivity contribution in [1.82, 2.24) is 25.5 Å². The molecule has 0 radical (unpaired) electrons. The number of fused-ring (bicyclic) bond motifs is 1. The molecule has 1 amide bonds. The van der Waals surface area contributed by atoms with E-state index in [-0.39, 0.29) is 18.8 Å². The lowest BCUT2D eigenvalue weighted by Crippen LogP contribution is -2.33. The van der Waals surface area contributed by atoms with Crippen LogP contribution in [0, 0.1) is 6.92 Å². The minimum atomic E-state index is -4.45. The highest BCUT2D eigenvalue weighted by atomic mass is 35.5. The smallest absolute Gasteiger partial charge is 0.350 e. The standard InChI is InChI=1S/C21H18ClF3N6O/c1-12-6-18(20(32)28-8-13-2-4-26-10-16(13)22)29-30-19(12)31-5-3-17-14(11-31)7-15(9-27-17)21(23,24)25/h2,4,6-7,9-10H,3,5,8,11H2,1H3,(H,28,32). The van der Waals surface area contributed by atoms with E-state index in [9.17, 15) is 18.0 Å². The molecule has 1 aliphatic rings. The molecule has 11 heteroatoms. The van der Waals surface area contributed by atoms with Gasteiger partial charge in [0.05, 0.1) is 10.6 Å². The molecule has 3 aromatic rings. The van der Waals surface area contributed by atoms with Crippen LogP contribution in [0.3, 0.4) is 0 Å². The highest BCUT2D eigenvalue weighted by Crippen LogP contribution is 2.32. The number of alkyl halides is 3. The monoisotopic (exact) mass is 462 g/mol. The molecule has 0 aliphatic carbocycles. The summed E-state index contributed by atoms with van der Waals surface area (Å²) in [6.07, 6.45) is -0.0209. The molecule has 0 unspecified atom stereocenters. The molecular formula is C21H18ClF3N6O. The van der Waals surface area contributed by atoms with Crippen LogP contribution in [-0.2, 0) is 25.7 Å². The first kappa shape index (κ1) is 21.9. The zero-order chi connectivity index (χ0) is 22.9. The van der Waals surface area contributed by atoms with Gasteiger partial charge in [-0.1, -0.05) is 11.6 Å². The maximum Gasteiger partial charge on any atom is 0.417 e. The number of carbonyl (C=O) groups excluding carboxylic acids is 1. The summed E-state index contributed by atoms with van der Waals surface area (Å²) in [5.74, 6) is 0.102. The number of hydrogen-bond acceptors (Lipinski definition) is 6. The van der Waals surface area contributed by atoms with Crippen molar-refractivity contribution >= 4 is 23.3 Å². The molecule has 3 aromatic heterocycles. The Morgan fingerprint density at radius 2 is 2.06 bits per heavy atom. The van der Waals surface area contributed by atoms with Gasteiger partial charge in [-0.25, -0.2) is 0 Å². The van der Waals surface area contributed by atoms with Crippen LogP contribution in [0.2, 0.25) is 5.02 Å². The summed E-state index contributed by atoms with van der Waals surface area (Å²) in [7, 11) is 0. The van der Waals surface area contributed by atoms with Gasteiger partial charge in [-0.3, -0.25) is 14.8 Å². The van der Waals surface area contributed by atoms with Gasteiger partial charge in [0, 0.05) is 50.3 Å². The van der Waals surface area contributed by atoms with Crippen LogP contribution in [0.5, 0.6) is 0 Å². The fourth-order valence-electron chi connectivity index (χ4n) is 3.48. The Labute approximate surface area is 186 Å². The molecule has 1 aliphatic heterocycles. The van der Waals surface area contributed by atoms with Crippen LogP contribution >= 0.6 is 11.6 Å². The number of aromatic nitrogens is 4. The van der Waals surface area contributed by atoms with E-state index in [0.717, 1.165) is 17.8 Å². The molecule has 0 saturated heterocycles. The summed E-state index contributed by atoms with van der Waals surface area (Å²) >= 11 is 6.04. The number of aryl methyl sites for hydroxylation is 1. The number of anilines is 1. The van der Waals surface area contributed by atoms with Gasteiger partial charge in [0.2, 0.25) is 0 Å². The fourth-order valence-corrected chi connectivity index (χ4v) is 3.66. The van der Waals surface area contributed by atoms with E-state index < -0.39 is 17.6 Å². The highest BCUT2D eigenvalue weighted by Gasteiger charge is 2.32. The van der Waals surface area contributed by atoms with Crippen molar-refractivity contribution in [3.63, 3.8) is 0 Å². The summed E-state index contributed by atoms with van der Waals surface area (Å²) < 4.78 is 39.1. The Morgan fingerprint density at radius 1 is 1.25 bits per heavy atom. The number of nitrogens with zero attached hydrogens (tertiary/aromatic N) is 5. The van der Waals surface area contributed by atoms with Crippen molar-refractivity contribution in [1.29, 1.82) is 0 Å². The molecule has 4 heterocycles. The van der Waals surface area contributed by atoms with Crippen LogP contribution in [0.1, 0.15) is 38.4 Å². The summed E-state index contributed by atoms with van der Waals surface area (Å²) in [5, 5.41) is 11.4. The van der Waals surface area contributed by atoms with Crippen molar-refractivity contribution in [2.45, 2.75) is 32.6 Å². The van der Waals surface area contributed by atoms with Crippen LogP contribution < -0.4 is 10.2 Å². The topological polar surface area (TPSA) is 83.9 Å². The van der Waals surface area contributed by atoms with Crippen molar-refractivity contribution in [2.75, 3.05) is 11.4 Å². The summed E-state index contributed by atoms with van der Waals surface area (Å²) in [5.41, 5.74) is 1.91. The lowest BCUT2D eigenvalue weighted by molar-refractivity contribution is -0.137. The molecule has 0 aromatic carbocycles. The summed E-state index contributed by atoms with van der Waals surface area (Å²) in [6.45, 7) is 2.75. The van der Waals surface area contributed by atoms with E-state index in [1.54, 1.807) is 25.3 Å². The lowest BCUT2D eigenvalue weighted by Gasteiger charge is -2.30. The number of pyridine rings is 2. The van der Waals surface area contributed by atoms with Gasteiger partial charge >= 0.3 is 6.18 Å². The van der Waals surface area contributed by atoms with Gasteiger partial charge in [0.25, 0.3) is 5.91 Å². The van der Waals surface area contributed by atoms with Crippen LogP contribution in [-0.4, -0.2) is 32.6 Å². The SMILES string of the molecule is Cc1cc(C(=O)NCc2ccncc2Cl)nnc1N1CCc2ncc(C(F)(F)F)cc2C1. The number of nitrogens with one attached hydrogen (secondary N) is 1. The third-order valence-corrected chi connectivity index (χ3v) is 5.49. The molecule has 0 atom stereocenters. The average Bonchev–Trinajstić information content (AvgIpc) is 2.77. The highest BCUT2D eigenvalue weighted by molar-refractivity contribution is 6.31. The number of hydrogen-bond donors (Lipinski definition) is 1. The average molecular weight is 463 g/mol. The Hall–Kier alpha value is -3.27. The Morgan fingerprint density at radius 3 is 2.78 bits per heavy atom. The quantitative estimate of drug-likeness (QED) is 0.636. The molecule has 32 heavy (non-hydrogen) atoms. The van der Waals surface area contributed by atoms with Crippen molar-refractivity contribution in [3.05, 3.63) is 75.5 Å².